The van der Waals surface area contributed by atoms with Crippen molar-refractivity contribution in [1.29, 1.82) is 0 Å². The second-order valence-corrected chi connectivity index (χ2v) is 5.36. The van der Waals surface area contributed by atoms with Crippen LogP contribution in [0.4, 0.5) is 0 Å². The summed E-state index contributed by atoms with van der Waals surface area (Å²) < 4.78 is 0. The number of aromatic amines is 2. The van der Waals surface area contributed by atoms with Gasteiger partial charge < -0.3 is 9.97 Å². The van der Waals surface area contributed by atoms with Gasteiger partial charge in [0.15, 0.2) is 0 Å². The van der Waals surface area contributed by atoms with Gasteiger partial charge in [-0.05, 0) is 29.8 Å². The van der Waals surface area contributed by atoms with Gasteiger partial charge in [-0.25, -0.2) is 9.97 Å². The summed E-state index contributed by atoms with van der Waals surface area (Å²) in [5, 5.41) is 1.76. The Balaban J connectivity index is 0.000000151. The maximum Gasteiger partial charge on any atom is 0.249 e. The Morgan fingerprint density at radius 1 is 0.923 bits per heavy atom. The summed E-state index contributed by atoms with van der Waals surface area (Å²) in [7, 11) is 0. The summed E-state index contributed by atoms with van der Waals surface area (Å²) in [4.78, 5) is 35.2. The maximum atomic E-state index is 10.9. The standard InChI is InChI=1S/C10H8N2O.C10H6N2O/c2*1-2-7-5-8-3-4-9(13)12-10(8)11-6-7/h2-6H,1H2,(H,11,12,13);1,3-6H,(H,11,12,13). The van der Waals surface area contributed by atoms with Gasteiger partial charge in [-0.2, -0.15) is 0 Å². The fourth-order valence-corrected chi connectivity index (χ4v) is 2.28. The molecule has 0 aromatic carbocycles. The molecule has 4 aromatic heterocycles. The molecule has 0 spiro atoms. The topological polar surface area (TPSA) is 91.5 Å². The molecule has 4 heterocycles. The molecule has 0 aliphatic rings. The van der Waals surface area contributed by atoms with Gasteiger partial charge >= 0.3 is 0 Å². The van der Waals surface area contributed by atoms with E-state index in [0.29, 0.717) is 16.9 Å². The average molecular weight is 342 g/mol. The van der Waals surface area contributed by atoms with Gasteiger partial charge in [0.05, 0.1) is 0 Å². The number of hydrogen-bond donors (Lipinski definition) is 2. The number of rotatable bonds is 1. The number of hydrogen-bond acceptors (Lipinski definition) is 4. The van der Waals surface area contributed by atoms with Crippen molar-refractivity contribution >= 4 is 28.1 Å². The first-order chi connectivity index (χ1) is 12.6. The predicted octanol–water partition coefficient (Wildman–Crippen LogP) is 2.47. The van der Waals surface area contributed by atoms with Crippen LogP contribution in [0.2, 0.25) is 0 Å². The van der Waals surface area contributed by atoms with E-state index in [-0.39, 0.29) is 11.1 Å². The minimum atomic E-state index is -0.159. The van der Waals surface area contributed by atoms with Crippen LogP contribution in [-0.4, -0.2) is 19.9 Å². The Labute approximate surface area is 148 Å². The van der Waals surface area contributed by atoms with E-state index >= 15 is 0 Å². The predicted molar refractivity (Wildman–Crippen MR) is 103 cm³/mol. The summed E-state index contributed by atoms with van der Waals surface area (Å²) in [5.74, 6) is 2.48. The van der Waals surface area contributed by atoms with Crippen LogP contribution in [0.5, 0.6) is 0 Å². The van der Waals surface area contributed by atoms with E-state index < -0.39 is 0 Å². The second-order valence-electron chi connectivity index (χ2n) is 5.36. The van der Waals surface area contributed by atoms with Gasteiger partial charge in [0.1, 0.15) is 11.3 Å². The molecular weight excluding hydrogens is 328 g/mol. The molecule has 6 heteroatoms. The largest absolute Gasteiger partial charge is 0.307 e. The molecule has 0 aliphatic carbocycles. The first-order valence-electron chi connectivity index (χ1n) is 7.66. The molecule has 0 fully saturated rings. The number of nitrogens with zero attached hydrogens (tertiary/aromatic N) is 2. The first kappa shape index (κ1) is 16.9. The molecule has 0 radical (unpaired) electrons. The number of aromatic nitrogens is 4. The van der Waals surface area contributed by atoms with Gasteiger partial charge in [0.25, 0.3) is 0 Å². The van der Waals surface area contributed by atoms with Crippen LogP contribution >= 0.6 is 0 Å². The lowest BCUT2D eigenvalue weighted by Crippen LogP contribution is -2.03. The Bertz CT molecular complexity index is 1260. The lowest BCUT2D eigenvalue weighted by molar-refractivity contribution is 1.23. The minimum absolute atomic E-state index is 0.133. The molecule has 4 aromatic rings. The van der Waals surface area contributed by atoms with Crippen molar-refractivity contribution in [1.82, 2.24) is 19.9 Å². The third kappa shape index (κ3) is 3.74. The van der Waals surface area contributed by atoms with E-state index in [1.165, 1.54) is 12.1 Å². The second kappa shape index (κ2) is 7.28. The highest BCUT2D eigenvalue weighted by Gasteiger charge is 1.96. The lowest BCUT2D eigenvalue weighted by Gasteiger charge is -1.96. The lowest BCUT2D eigenvalue weighted by atomic mass is 10.2. The molecule has 0 atom stereocenters. The third-order valence-electron chi connectivity index (χ3n) is 3.57. The number of fused-ring (bicyclic) bond motifs is 2. The Kier molecular flexibility index (Phi) is 4.72. The van der Waals surface area contributed by atoms with Gasteiger partial charge in [0, 0.05) is 40.9 Å². The highest BCUT2D eigenvalue weighted by atomic mass is 16.1. The summed E-state index contributed by atoms with van der Waals surface area (Å²) in [6.07, 6.45) is 10.2. The van der Waals surface area contributed by atoms with Crippen LogP contribution < -0.4 is 11.1 Å². The van der Waals surface area contributed by atoms with Crippen molar-refractivity contribution in [3.63, 3.8) is 0 Å². The molecule has 2 N–H and O–H groups in total. The molecule has 0 bridgehead atoms. The van der Waals surface area contributed by atoms with Gasteiger partial charge in [-0.1, -0.05) is 18.6 Å². The van der Waals surface area contributed by atoms with Gasteiger partial charge in [-0.3, -0.25) is 9.59 Å². The molecule has 0 saturated heterocycles. The molecule has 6 nitrogen and oxygen atoms in total. The molecule has 0 aliphatic heterocycles. The van der Waals surface area contributed by atoms with Crippen molar-refractivity contribution in [3.05, 3.63) is 87.2 Å². The highest BCUT2D eigenvalue weighted by Crippen LogP contribution is 2.09. The molecule has 4 rings (SSSR count). The Morgan fingerprint density at radius 2 is 1.50 bits per heavy atom. The number of H-pyrrole nitrogens is 2. The summed E-state index contributed by atoms with van der Waals surface area (Å²) in [6.45, 7) is 3.64. The zero-order valence-electron chi connectivity index (χ0n) is 13.7. The normalized spacial score (nSPS) is 9.96. The summed E-state index contributed by atoms with van der Waals surface area (Å²) >= 11 is 0. The van der Waals surface area contributed by atoms with Crippen LogP contribution in [0.3, 0.4) is 0 Å². The van der Waals surface area contributed by atoms with E-state index in [1.807, 2.05) is 6.07 Å². The quantitative estimate of drug-likeness (QED) is 0.520. The van der Waals surface area contributed by atoms with Crippen LogP contribution in [-0.2, 0) is 0 Å². The van der Waals surface area contributed by atoms with E-state index in [9.17, 15) is 9.59 Å². The number of nitrogens with one attached hydrogen (secondary N) is 2. The molecule has 0 amide bonds. The van der Waals surface area contributed by atoms with Crippen LogP contribution in [0.25, 0.3) is 28.1 Å². The summed E-state index contributed by atoms with van der Waals surface area (Å²) in [6, 6.07) is 10.1. The van der Waals surface area contributed by atoms with Crippen molar-refractivity contribution in [2.45, 2.75) is 0 Å². The van der Waals surface area contributed by atoms with Crippen molar-refractivity contribution in [2.75, 3.05) is 0 Å². The number of terminal acetylenes is 1. The van der Waals surface area contributed by atoms with Gasteiger partial charge in [0.2, 0.25) is 11.1 Å². The molecule has 126 valence electrons. The molecular formula is C20H14N4O2. The van der Waals surface area contributed by atoms with E-state index in [0.717, 1.165) is 16.3 Å². The van der Waals surface area contributed by atoms with Crippen LogP contribution in [0, 0.1) is 12.3 Å². The van der Waals surface area contributed by atoms with E-state index in [2.05, 4.69) is 32.4 Å². The summed E-state index contributed by atoms with van der Waals surface area (Å²) in [5.41, 5.74) is 2.53. The fourth-order valence-electron chi connectivity index (χ4n) is 2.28. The number of pyridine rings is 4. The molecule has 26 heavy (non-hydrogen) atoms. The van der Waals surface area contributed by atoms with Crippen molar-refractivity contribution < 1.29 is 0 Å². The maximum absolute atomic E-state index is 10.9. The third-order valence-corrected chi connectivity index (χ3v) is 3.57. The van der Waals surface area contributed by atoms with E-state index in [1.54, 1.807) is 36.7 Å². The fraction of sp³-hybridized carbons (Fsp3) is 0. The smallest absolute Gasteiger partial charge is 0.249 e. The Morgan fingerprint density at radius 3 is 2.08 bits per heavy atom. The zero-order chi connectivity index (χ0) is 18.5. The molecule has 0 unspecified atom stereocenters. The van der Waals surface area contributed by atoms with Crippen molar-refractivity contribution in [3.8, 4) is 12.3 Å². The average Bonchev–Trinajstić information content (AvgIpc) is 2.67. The monoisotopic (exact) mass is 342 g/mol. The SMILES string of the molecule is C#Cc1cnc2[nH]c(=O)ccc2c1.C=Cc1cnc2[nH]c(=O)ccc2c1. The first-order valence-corrected chi connectivity index (χ1v) is 7.66. The Hall–Kier alpha value is -3.98. The highest BCUT2D eigenvalue weighted by molar-refractivity contribution is 5.77. The van der Waals surface area contributed by atoms with E-state index in [4.69, 9.17) is 6.42 Å². The van der Waals surface area contributed by atoms with Crippen molar-refractivity contribution in [2.24, 2.45) is 0 Å². The zero-order valence-corrected chi connectivity index (χ0v) is 13.7. The molecule has 0 saturated carbocycles. The van der Waals surface area contributed by atoms with Crippen LogP contribution in [0.15, 0.2) is 65.0 Å². The minimum Gasteiger partial charge on any atom is -0.307 e. The van der Waals surface area contributed by atoms with Gasteiger partial charge in [-0.15, -0.1) is 6.42 Å². The van der Waals surface area contributed by atoms with Crippen LogP contribution in [0.1, 0.15) is 11.1 Å².